The number of benzene rings is 2. The fourth-order valence-electron chi connectivity index (χ4n) is 3.16. The van der Waals surface area contributed by atoms with Crippen LogP contribution in [-0.4, -0.2) is 14.5 Å². The summed E-state index contributed by atoms with van der Waals surface area (Å²) in [6, 6.07) is 15.2. The lowest BCUT2D eigenvalue weighted by Crippen LogP contribution is -2.22. The predicted octanol–water partition coefficient (Wildman–Crippen LogP) is 5.33. The number of aromatic nitrogens is 3. The number of nitrogens with zero attached hydrogens (tertiary/aromatic N) is 3. The van der Waals surface area contributed by atoms with Crippen LogP contribution in [0.4, 0.5) is 0 Å². The van der Waals surface area contributed by atoms with E-state index in [1.54, 1.807) is 6.20 Å². The molecule has 0 radical (unpaired) electrons. The van der Waals surface area contributed by atoms with Gasteiger partial charge in [-0.2, -0.15) is 0 Å². The first-order valence-electron chi connectivity index (χ1n) is 9.04. The molecule has 0 N–H and O–H groups in total. The van der Waals surface area contributed by atoms with Crippen molar-refractivity contribution < 1.29 is 4.42 Å². The van der Waals surface area contributed by atoms with E-state index in [2.05, 4.69) is 4.98 Å². The SMILES string of the molecule is O=c1c2ccccc2nc(SCc2ncc(-c3cccc(Cl)c3)o2)n1C1CC1. The van der Waals surface area contributed by atoms with Gasteiger partial charge in [-0.25, -0.2) is 9.97 Å². The molecule has 140 valence electrons. The van der Waals surface area contributed by atoms with Crippen molar-refractivity contribution in [1.29, 1.82) is 0 Å². The van der Waals surface area contributed by atoms with E-state index in [1.807, 2.05) is 53.1 Å². The van der Waals surface area contributed by atoms with Gasteiger partial charge in [-0.05, 0) is 37.1 Å². The van der Waals surface area contributed by atoms with Gasteiger partial charge in [-0.1, -0.05) is 47.6 Å². The van der Waals surface area contributed by atoms with Gasteiger partial charge in [0, 0.05) is 16.6 Å². The third-order valence-corrected chi connectivity index (χ3v) is 5.85. The fourth-order valence-corrected chi connectivity index (χ4v) is 4.27. The van der Waals surface area contributed by atoms with Crippen molar-refractivity contribution in [2.45, 2.75) is 29.8 Å². The summed E-state index contributed by atoms with van der Waals surface area (Å²) in [7, 11) is 0. The van der Waals surface area contributed by atoms with E-state index in [9.17, 15) is 4.79 Å². The Hall–Kier alpha value is -2.57. The molecule has 4 aromatic rings. The lowest BCUT2D eigenvalue weighted by molar-refractivity contribution is 0.529. The molecular weight excluding hydrogens is 394 g/mol. The van der Waals surface area contributed by atoms with Crippen molar-refractivity contribution >= 4 is 34.3 Å². The highest BCUT2D eigenvalue weighted by molar-refractivity contribution is 7.98. The van der Waals surface area contributed by atoms with E-state index in [-0.39, 0.29) is 11.6 Å². The van der Waals surface area contributed by atoms with Crippen LogP contribution in [0.1, 0.15) is 24.8 Å². The summed E-state index contributed by atoms with van der Waals surface area (Å²) < 4.78 is 7.70. The third kappa shape index (κ3) is 3.34. The molecule has 1 aliphatic carbocycles. The van der Waals surface area contributed by atoms with E-state index < -0.39 is 0 Å². The first kappa shape index (κ1) is 17.5. The zero-order valence-corrected chi connectivity index (χ0v) is 16.4. The topological polar surface area (TPSA) is 60.9 Å². The summed E-state index contributed by atoms with van der Waals surface area (Å²) in [4.78, 5) is 22.0. The summed E-state index contributed by atoms with van der Waals surface area (Å²) in [6.45, 7) is 0. The van der Waals surface area contributed by atoms with Crippen LogP contribution in [0.5, 0.6) is 0 Å². The Bertz CT molecular complexity index is 1230. The Morgan fingerprint density at radius 3 is 2.86 bits per heavy atom. The summed E-state index contributed by atoms with van der Waals surface area (Å²) in [6.07, 6.45) is 3.74. The van der Waals surface area contributed by atoms with Crippen molar-refractivity contribution in [2.75, 3.05) is 0 Å². The molecular formula is C21H16ClN3O2S. The molecule has 1 aliphatic rings. The zero-order valence-electron chi connectivity index (χ0n) is 14.8. The quantitative estimate of drug-likeness (QED) is 0.329. The second kappa shape index (κ2) is 7.11. The molecule has 5 nitrogen and oxygen atoms in total. The minimum Gasteiger partial charge on any atom is -0.440 e. The van der Waals surface area contributed by atoms with Crippen LogP contribution in [0.25, 0.3) is 22.2 Å². The van der Waals surface area contributed by atoms with E-state index in [1.165, 1.54) is 11.8 Å². The molecule has 0 saturated heterocycles. The average Bonchev–Trinajstić information content (AvgIpc) is 3.42. The van der Waals surface area contributed by atoms with E-state index >= 15 is 0 Å². The fraction of sp³-hybridized carbons (Fsp3) is 0.190. The lowest BCUT2D eigenvalue weighted by Gasteiger charge is -2.11. The number of oxazole rings is 1. The molecule has 0 spiro atoms. The van der Waals surface area contributed by atoms with Crippen LogP contribution in [0.2, 0.25) is 5.02 Å². The minimum absolute atomic E-state index is 0.0302. The maximum atomic E-state index is 12.9. The Morgan fingerprint density at radius 2 is 2.04 bits per heavy atom. The first-order valence-corrected chi connectivity index (χ1v) is 10.4. The average molecular weight is 410 g/mol. The molecule has 2 aromatic carbocycles. The maximum absolute atomic E-state index is 12.9. The monoisotopic (exact) mass is 409 g/mol. The molecule has 1 saturated carbocycles. The van der Waals surface area contributed by atoms with Crippen LogP contribution >= 0.6 is 23.4 Å². The van der Waals surface area contributed by atoms with Gasteiger partial charge in [0.25, 0.3) is 5.56 Å². The summed E-state index contributed by atoms with van der Waals surface area (Å²) >= 11 is 7.53. The van der Waals surface area contributed by atoms with Gasteiger partial charge < -0.3 is 4.42 Å². The van der Waals surface area contributed by atoms with Gasteiger partial charge in [0.2, 0.25) is 5.89 Å². The van der Waals surface area contributed by atoms with Gasteiger partial charge in [0.1, 0.15) is 0 Å². The molecule has 0 atom stereocenters. The van der Waals surface area contributed by atoms with Crippen molar-refractivity contribution in [3.63, 3.8) is 0 Å². The smallest absolute Gasteiger partial charge is 0.262 e. The zero-order chi connectivity index (χ0) is 19.1. The van der Waals surface area contributed by atoms with Gasteiger partial charge in [-0.3, -0.25) is 9.36 Å². The van der Waals surface area contributed by atoms with Gasteiger partial charge >= 0.3 is 0 Å². The number of hydrogen-bond acceptors (Lipinski definition) is 5. The first-order chi connectivity index (χ1) is 13.7. The maximum Gasteiger partial charge on any atom is 0.262 e. The van der Waals surface area contributed by atoms with Gasteiger partial charge in [0.05, 0.1) is 22.9 Å². The normalized spacial score (nSPS) is 13.9. The highest BCUT2D eigenvalue weighted by atomic mass is 35.5. The lowest BCUT2D eigenvalue weighted by atomic mass is 10.2. The summed E-state index contributed by atoms with van der Waals surface area (Å²) in [5.74, 6) is 1.76. The van der Waals surface area contributed by atoms with E-state index in [0.717, 1.165) is 23.9 Å². The minimum atomic E-state index is 0.0302. The largest absolute Gasteiger partial charge is 0.440 e. The van der Waals surface area contributed by atoms with Crippen molar-refractivity contribution in [2.24, 2.45) is 0 Å². The summed E-state index contributed by atoms with van der Waals surface area (Å²) in [5, 5.41) is 2.03. The Kier molecular flexibility index (Phi) is 4.45. The van der Waals surface area contributed by atoms with Crippen LogP contribution in [0.3, 0.4) is 0 Å². The Morgan fingerprint density at radius 1 is 1.18 bits per heavy atom. The highest BCUT2D eigenvalue weighted by Gasteiger charge is 2.28. The van der Waals surface area contributed by atoms with Crippen molar-refractivity contribution in [1.82, 2.24) is 14.5 Å². The van der Waals surface area contributed by atoms with Crippen molar-refractivity contribution in [3.8, 4) is 11.3 Å². The van der Waals surface area contributed by atoms with Crippen LogP contribution in [0.15, 0.2) is 69.1 Å². The van der Waals surface area contributed by atoms with E-state index in [0.29, 0.717) is 33.0 Å². The Balaban J connectivity index is 1.44. The van der Waals surface area contributed by atoms with Crippen molar-refractivity contribution in [3.05, 3.63) is 76.0 Å². The van der Waals surface area contributed by atoms with Crippen LogP contribution < -0.4 is 5.56 Å². The highest BCUT2D eigenvalue weighted by Crippen LogP contribution is 2.37. The standard InChI is InChI=1S/C21H16ClN3O2S/c22-14-5-3-4-13(10-14)18-11-23-19(27-18)12-28-21-24-17-7-2-1-6-16(17)20(26)25(21)15-8-9-15/h1-7,10-11,15H,8-9,12H2. The molecule has 0 unspecified atom stereocenters. The van der Waals surface area contributed by atoms with Crippen LogP contribution in [0, 0.1) is 0 Å². The molecule has 28 heavy (non-hydrogen) atoms. The number of fused-ring (bicyclic) bond motifs is 1. The molecule has 1 fully saturated rings. The molecule has 7 heteroatoms. The predicted molar refractivity (Wildman–Crippen MR) is 111 cm³/mol. The van der Waals surface area contributed by atoms with Gasteiger partial charge in [0.15, 0.2) is 10.9 Å². The molecule has 0 bridgehead atoms. The number of thioether (sulfide) groups is 1. The second-order valence-corrected chi connectivity index (χ2v) is 8.11. The molecule has 0 amide bonds. The molecule has 5 rings (SSSR count). The van der Waals surface area contributed by atoms with E-state index in [4.69, 9.17) is 21.0 Å². The Labute approximate surface area is 170 Å². The second-order valence-electron chi connectivity index (χ2n) is 6.74. The third-order valence-electron chi connectivity index (χ3n) is 4.67. The number of para-hydroxylation sites is 1. The summed E-state index contributed by atoms with van der Waals surface area (Å²) in [5.41, 5.74) is 1.64. The number of rotatable bonds is 5. The molecule has 2 heterocycles. The number of hydrogen-bond donors (Lipinski definition) is 0. The molecule has 2 aromatic heterocycles. The number of halogens is 1. The van der Waals surface area contributed by atoms with Gasteiger partial charge in [-0.15, -0.1) is 0 Å². The molecule has 0 aliphatic heterocycles. The van der Waals surface area contributed by atoms with Crippen LogP contribution in [-0.2, 0) is 5.75 Å².